The minimum Gasteiger partial charge on any atom is -0.310 e. The van der Waals surface area contributed by atoms with Gasteiger partial charge in [-0.15, -0.1) is 4.28 Å². The van der Waals surface area contributed by atoms with E-state index in [4.69, 9.17) is 9.39 Å². The minimum absolute atomic E-state index is 0.147. The van der Waals surface area contributed by atoms with Crippen LogP contribution in [0.2, 0.25) is 0 Å². The van der Waals surface area contributed by atoms with Crippen LogP contribution in [0, 0.1) is 0 Å². The van der Waals surface area contributed by atoms with Gasteiger partial charge in [0.25, 0.3) is 5.91 Å². The first-order valence-electron chi connectivity index (χ1n) is 9.98. The Morgan fingerprint density at radius 2 is 2.00 bits per heavy atom. The molecule has 0 aromatic rings. The maximum Gasteiger partial charge on any atom is 0.418 e. The number of amides is 3. The highest BCUT2D eigenvalue weighted by Gasteiger charge is 2.49. The Balaban J connectivity index is 1.23. The Bertz CT molecular complexity index is 744. The van der Waals surface area contributed by atoms with Crippen LogP contribution in [0.1, 0.15) is 32.1 Å². The molecular formula is C16H27N5O7S. The largest absolute Gasteiger partial charge is 0.418 e. The normalized spacial score (nSPS) is 32.9. The van der Waals surface area contributed by atoms with E-state index in [2.05, 4.69) is 20.0 Å². The number of carbonyl (C=O) groups is 2. The molecule has 4 saturated heterocycles. The summed E-state index contributed by atoms with van der Waals surface area (Å²) < 4.78 is 35.0. The number of carbonyl (C=O) groups excluding carboxylic acids is 2. The molecule has 4 heterocycles. The average Bonchev–Trinajstić information content (AvgIpc) is 3.39. The summed E-state index contributed by atoms with van der Waals surface area (Å²) in [5, 5.41) is 4.03. The number of nitrogens with zero attached hydrogens (tertiary/aromatic N) is 3. The first kappa shape index (κ1) is 20.8. The summed E-state index contributed by atoms with van der Waals surface area (Å²) in [4.78, 5) is 33.9. The van der Waals surface area contributed by atoms with Gasteiger partial charge in [-0.1, -0.05) is 0 Å². The predicted octanol–water partition coefficient (Wildman–Crippen LogP) is -1.14. The van der Waals surface area contributed by atoms with E-state index in [0.717, 1.165) is 26.1 Å². The SMILES string of the molecule is O=C(NOC[C@H]1C[C@H](N2CCCC2)CN1)C1CCC2CN1C(=O)N2OS(=O)(=O)O. The Kier molecular flexibility index (Phi) is 5.95. The van der Waals surface area contributed by atoms with Crippen molar-refractivity contribution in [1.82, 2.24) is 25.7 Å². The first-order chi connectivity index (χ1) is 13.8. The van der Waals surface area contributed by atoms with E-state index in [1.807, 2.05) is 0 Å². The van der Waals surface area contributed by atoms with Gasteiger partial charge in [-0.05, 0) is 45.2 Å². The second-order valence-electron chi connectivity index (χ2n) is 8.03. The average molecular weight is 433 g/mol. The highest BCUT2D eigenvalue weighted by molar-refractivity contribution is 7.80. The molecule has 0 aromatic carbocycles. The molecule has 4 atom stereocenters. The van der Waals surface area contributed by atoms with E-state index in [0.29, 0.717) is 30.6 Å². The van der Waals surface area contributed by atoms with Crippen LogP contribution in [0.3, 0.4) is 0 Å². The lowest BCUT2D eigenvalue weighted by Crippen LogP contribution is -2.50. The van der Waals surface area contributed by atoms with Crippen LogP contribution in [0.4, 0.5) is 4.79 Å². The molecule has 0 aromatic heterocycles. The molecule has 3 amide bonds. The Morgan fingerprint density at radius 1 is 1.24 bits per heavy atom. The summed E-state index contributed by atoms with van der Waals surface area (Å²) in [7, 11) is -4.81. The topological polar surface area (TPSA) is 141 Å². The molecule has 0 aliphatic carbocycles. The highest BCUT2D eigenvalue weighted by atomic mass is 32.3. The maximum atomic E-state index is 12.5. The van der Waals surface area contributed by atoms with Crippen LogP contribution < -0.4 is 10.8 Å². The van der Waals surface area contributed by atoms with Gasteiger partial charge >= 0.3 is 16.4 Å². The van der Waals surface area contributed by atoms with E-state index in [-0.39, 0.29) is 12.6 Å². The summed E-state index contributed by atoms with van der Waals surface area (Å²) in [5.74, 6) is -0.459. The summed E-state index contributed by atoms with van der Waals surface area (Å²) >= 11 is 0. The number of rotatable bonds is 7. The van der Waals surface area contributed by atoms with Crippen molar-refractivity contribution in [3.63, 3.8) is 0 Å². The molecule has 0 spiro atoms. The van der Waals surface area contributed by atoms with Crippen LogP contribution in [-0.2, 0) is 24.3 Å². The molecule has 164 valence electrons. The fraction of sp³-hybridized carbons (Fsp3) is 0.875. The zero-order valence-electron chi connectivity index (χ0n) is 16.0. The zero-order chi connectivity index (χ0) is 20.6. The molecule has 4 fully saturated rings. The second-order valence-corrected chi connectivity index (χ2v) is 9.03. The Labute approximate surface area is 169 Å². The zero-order valence-corrected chi connectivity index (χ0v) is 16.8. The van der Waals surface area contributed by atoms with E-state index in [9.17, 15) is 18.0 Å². The number of hydrogen-bond donors (Lipinski definition) is 3. The van der Waals surface area contributed by atoms with Crippen LogP contribution in [-0.4, -0.2) is 96.7 Å². The van der Waals surface area contributed by atoms with E-state index < -0.39 is 34.4 Å². The molecule has 2 unspecified atom stereocenters. The third-order valence-electron chi connectivity index (χ3n) is 6.11. The Hall–Kier alpha value is -1.51. The quantitative estimate of drug-likeness (QED) is 0.336. The molecule has 29 heavy (non-hydrogen) atoms. The van der Waals surface area contributed by atoms with Crippen LogP contribution >= 0.6 is 0 Å². The van der Waals surface area contributed by atoms with Gasteiger partial charge in [0.2, 0.25) is 0 Å². The van der Waals surface area contributed by atoms with Crippen molar-refractivity contribution < 1.29 is 31.7 Å². The number of fused-ring (bicyclic) bond motifs is 2. The lowest BCUT2D eigenvalue weighted by Gasteiger charge is -2.29. The molecule has 13 heteroatoms. The van der Waals surface area contributed by atoms with Gasteiger partial charge in [0.15, 0.2) is 0 Å². The minimum atomic E-state index is -4.81. The standard InChI is InChI=1S/C16H27N5O7S/c22-15(18-27-10-11-7-13(8-17-11)19-5-1-2-6-19)14-4-3-12-9-20(14)16(23)21(12)28-29(24,25)26/h11-14,17H,1-10H2,(H,18,22)(H,24,25,26)/t11-,12?,13+,14?/m1/s1. The summed E-state index contributed by atoms with van der Waals surface area (Å²) in [6.07, 6.45) is 4.18. The van der Waals surface area contributed by atoms with Crippen molar-refractivity contribution in [2.24, 2.45) is 0 Å². The van der Waals surface area contributed by atoms with E-state index in [1.54, 1.807) is 0 Å². The number of urea groups is 1. The smallest absolute Gasteiger partial charge is 0.310 e. The predicted molar refractivity (Wildman–Crippen MR) is 98.5 cm³/mol. The van der Waals surface area contributed by atoms with Crippen molar-refractivity contribution in [1.29, 1.82) is 0 Å². The number of piperidine rings is 1. The maximum absolute atomic E-state index is 12.5. The lowest BCUT2D eigenvalue weighted by atomic mass is 10.0. The molecule has 0 radical (unpaired) electrons. The number of nitrogens with one attached hydrogen (secondary N) is 2. The molecule has 4 aliphatic heterocycles. The molecular weight excluding hydrogens is 406 g/mol. The van der Waals surface area contributed by atoms with Crippen LogP contribution in [0.15, 0.2) is 0 Å². The van der Waals surface area contributed by atoms with Gasteiger partial charge in [0.05, 0.1) is 12.6 Å². The number of hydrogen-bond acceptors (Lipinski definition) is 8. The molecule has 2 bridgehead atoms. The fourth-order valence-corrected chi connectivity index (χ4v) is 5.08. The monoisotopic (exact) mass is 433 g/mol. The number of likely N-dealkylation sites (tertiary alicyclic amines) is 1. The lowest BCUT2D eigenvalue weighted by molar-refractivity contribution is -0.139. The summed E-state index contributed by atoms with van der Waals surface area (Å²) in [6, 6.07) is -1.41. The number of hydroxylamine groups is 3. The van der Waals surface area contributed by atoms with Crippen molar-refractivity contribution in [2.75, 3.05) is 32.8 Å². The van der Waals surface area contributed by atoms with Crippen molar-refractivity contribution in [3.8, 4) is 0 Å². The van der Waals surface area contributed by atoms with E-state index in [1.165, 1.54) is 17.7 Å². The van der Waals surface area contributed by atoms with Gasteiger partial charge in [0, 0.05) is 25.2 Å². The van der Waals surface area contributed by atoms with Crippen molar-refractivity contribution in [3.05, 3.63) is 0 Å². The first-order valence-corrected chi connectivity index (χ1v) is 11.3. The molecule has 12 nitrogen and oxygen atoms in total. The van der Waals surface area contributed by atoms with Gasteiger partial charge in [-0.3, -0.25) is 19.1 Å². The fourth-order valence-electron chi connectivity index (χ4n) is 4.70. The van der Waals surface area contributed by atoms with Crippen molar-refractivity contribution in [2.45, 2.75) is 56.3 Å². The summed E-state index contributed by atoms with van der Waals surface area (Å²) in [5.41, 5.74) is 2.42. The van der Waals surface area contributed by atoms with Gasteiger partial charge in [-0.2, -0.15) is 13.5 Å². The Morgan fingerprint density at radius 3 is 2.72 bits per heavy atom. The van der Waals surface area contributed by atoms with Crippen molar-refractivity contribution >= 4 is 22.3 Å². The molecule has 3 N–H and O–H groups in total. The molecule has 0 saturated carbocycles. The molecule has 4 aliphatic rings. The highest BCUT2D eigenvalue weighted by Crippen LogP contribution is 2.30. The third-order valence-corrected chi connectivity index (χ3v) is 6.46. The van der Waals surface area contributed by atoms with Crippen LogP contribution in [0.25, 0.3) is 0 Å². The molecule has 4 rings (SSSR count). The van der Waals surface area contributed by atoms with Crippen LogP contribution in [0.5, 0.6) is 0 Å². The summed E-state index contributed by atoms with van der Waals surface area (Å²) in [6.45, 7) is 3.67. The van der Waals surface area contributed by atoms with E-state index >= 15 is 0 Å². The van der Waals surface area contributed by atoms with Gasteiger partial charge < -0.3 is 10.2 Å². The second kappa shape index (κ2) is 8.32. The third kappa shape index (κ3) is 4.64. The van der Waals surface area contributed by atoms with Gasteiger partial charge in [0.1, 0.15) is 6.04 Å². The van der Waals surface area contributed by atoms with Gasteiger partial charge in [-0.25, -0.2) is 10.3 Å².